The number of ether oxygens (including phenoxy) is 1. The number of hydrogen-bond acceptors (Lipinski definition) is 4. The highest BCUT2D eigenvalue weighted by atomic mass is 35.5. The van der Waals surface area contributed by atoms with Crippen LogP contribution in [0.25, 0.3) is 0 Å². The van der Waals surface area contributed by atoms with Crippen molar-refractivity contribution in [2.24, 2.45) is 0 Å². The average Bonchev–Trinajstić information content (AvgIpc) is 3.39. The Morgan fingerprint density at radius 1 is 1.19 bits per heavy atom. The molecule has 0 atom stereocenters. The maximum absolute atomic E-state index is 11.9. The summed E-state index contributed by atoms with van der Waals surface area (Å²) in [5.41, 5.74) is 1.64. The highest BCUT2D eigenvalue weighted by Gasteiger charge is 2.23. The van der Waals surface area contributed by atoms with E-state index in [1.165, 1.54) is 0 Å². The largest absolute Gasteiger partial charge is 0.455 e. The summed E-state index contributed by atoms with van der Waals surface area (Å²) in [5.74, 6) is 0.781. The number of rotatable bonds is 6. The molecule has 2 aromatic rings. The van der Waals surface area contributed by atoms with Gasteiger partial charge < -0.3 is 15.4 Å². The Morgan fingerprint density at radius 2 is 2.00 bits per heavy atom. The number of anilines is 1. The minimum absolute atomic E-state index is 0.0807. The predicted octanol–water partition coefficient (Wildman–Crippen LogP) is 3.84. The Balaban J connectivity index is 1.61. The number of nitrogens with one attached hydrogen (secondary N) is 3. The molecule has 6 nitrogen and oxygen atoms in total. The standard InChI is InChI=1S/C19H20ClN3O3/c1-12-3-2-4-15(9-12)26-17-8-5-13(20)10-16(17)21-11-18(24)23-19(25)22-14-6-7-14/h2-5,8-10,14,21H,6-7,11H2,1H3,(H2,22,23,24,25). The van der Waals surface area contributed by atoms with Crippen molar-refractivity contribution in [1.82, 2.24) is 10.6 Å². The highest BCUT2D eigenvalue weighted by Crippen LogP contribution is 2.32. The number of imide groups is 1. The molecule has 7 heteroatoms. The molecule has 0 bridgehead atoms. The van der Waals surface area contributed by atoms with Crippen LogP contribution in [0.5, 0.6) is 11.5 Å². The van der Waals surface area contributed by atoms with Gasteiger partial charge >= 0.3 is 6.03 Å². The molecule has 1 aliphatic rings. The van der Waals surface area contributed by atoms with Crippen LogP contribution in [0.15, 0.2) is 42.5 Å². The lowest BCUT2D eigenvalue weighted by Gasteiger charge is -2.14. The summed E-state index contributed by atoms with van der Waals surface area (Å²) in [6.07, 6.45) is 1.92. The number of carbonyl (C=O) groups excluding carboxylic acids is 2. The van der Waals surface area contributed by atoms with Crippen LogP contribution in [0.2, 0.25) is 5.02 Å². The molecule has 3 amide bonds. The molecule has 3 N–H and O–H groups in total. The third-order valence-electron chi connectivity index (χ3n) is 3.76. The van der Waals surface area contributed by atoms with Crippen LogP contribution < -0.4 is 20.7 Å². The summed E-state index contributed by atoms with van der Waals surface area (Å²) < 4.78 is 5.89. The topological polar surface area (TPSA) is 79.5 Å². The van der Waals surface area contributed by atoms with Crippen LogP contribution in [0.4, 0.5) is 10.5 Å². The van der Waals surface area contributed by atoms with Gasteiger partial charge in [0.1, 0.15) is 5.75 Å². The second kappa shape index (κ2) is 8.10. The van der Waals surface area contributed by atoms with Gasteiger partial charge in [-0.2, -0.15) is 0 Å². The van der Waals surface area contributed by atoms with Gasteiger partial charge in [-0.1, -0.05) is 23.7 Å². The first-order chi connectivity index (χ1) is 12.5. The van der Waals surface area contributed by atoms with Crippen molar-refractivity contribution in [2.75, 3.05) is 11.9 Å². The van der Waals surface area contributed by atoms with Crippen LogP contribution in [0, 0.1) is 6.92 Å². The number of aryl methyl sites for hydroxylation is 1. The fourth-order valence-corrected chi connectivity index (χ4v) is 2.50. The molecule has 2 aromatic carbocycles. The molecule has 0 aliphatic heterocycles. The Labute approximate surface area is 156 Å². The van der Waals surface area contributed by atoms with Crippen LogP contribution >= 0.6 is 11.6 Å². The second-order valence-corrected chi connectivity index (χ2v) is 6.64. The van der Waals surface area contributed by atoms with Crippen LogP contribution in [-0.2, 0) is 4.79 Å². The first kappa shape index (κ1) is 18.1. The van der Waals surface area contributed by atoms with Gasteiger partial charge in [-0.15, -0.1) is 0 Å². The van der Waals surface area contributed by atoms with Crippen molar-refractivity contribution in [3.05, 3.63) is 53.1 Å². The molecule has 3 rings (SSSR count). The predicted molar refractivity (Wildman–Crippen MR) is 101 cm³/mol. The number of halogens is 1. The van der Waals surface area contributed by atoms with Crippen molar-refractivity contribution in [2.45, 2.75) is 25.8 Å². The zero-order chi connectivity index (χ0) is 18.5. The monoisotopic (exact) mass is 373 g/mol. The molecule has 0 unspecified atom stereocenters. The van der Waals surface area contributed by atoms with E-state index < -0.39 is 11.9 Å². The molecule has 0 aromatic heterocycles. The molecule has 0 heterocycles. The molecule has 0 radical (unpaired) electrons. The number of carbonyl (C=O) groups is 2. The summed E-state index contributed by atoms with van der Waals surface area (Å²) in [5, 5.41) is 8.46. The Kier molecular flexibility index (Phi) is 5.63. The van der Waals surface area contributed by atoms with Crippen molar-refractivity contribution < 1.29 is 14.3 Å². The molecule has 26 heavy (non-hydrogen) atoms. The van der Waals surface area contributed by atoms with Crippen LogP contribution in [0.1, 0.15) is 18.4 Å². The third kappa shape index (κ3) is 5.39. The minimum atomic E-state index is -0.471. The molecule has 0 saturated heterocycles. The average molecular weight is 374 g/mol. The Hall–Kier alpha value is -2.73. The number of benzene rings is 2. The van der Waals surface area contributed by atoms with E-state index in [0.717, 1.165) is 18.4 Å². The van der Waals surface area contributed by atoms with Gasteiger partial charge in [0.05, 0.1) is 12.2 Å². The van der Waals surface area contributed by atoms with Gasteiger partial charge in [0.25, 0.3) is 0 Å². The van der Waals surface area contributed by atoms with Crippen molar-refractivity contribution in [3.63, 3.8) is 0 Å². The fraction of sp³-hybridized carbons (Fsp3) is 0.263. The zero-order valence-electron chi connectivity index (χ0n) is 14.3. The number of urea groups is 1. The molecule has 1 aliphatic carbocycles. The van der Waals surface area contributed by atoms with Crippen molar-refractivity contribution in [1.29, 1.82) is 0 Å². The van der Waals surface area contributed by atoms with Gasteiger partial charge in [-0.3, -0.25) is 10.1 Å². The summed E-state index contributed by atoms with van der Waals surface area (Å²) in [6, 6.07) is 12.5. The maximum atomic E-state index is 11.9. The quantitative estimate of drug-likeness (QED) is 0.718. The van der Waals surface area contributed by atoms with Gasteiger partial charge in [-0.05, 0) is 55.7 Å². The van der Waals surface area contributed by atoms with E-state index >= 15 is 0 Å². The lowest BCUT2D eigenvalue weighted by Crippen LogP contribution is -2.42. The van der Waals surface area contributed by atoms with Crippen molar-refractivity contribution in [3.8, 4) is 11.5 Å². The Bertz CT molecular complexity index is 821. The summed E-state index contributed by atoms with van der Waals surface area (Å²) in [6.45, 7) is 1.90. The molecule has 1 saturated carbocycles. The fourth-order valence-electron chi connectivity index (χ4n) is 2.33. The lowest BCUT2D eigenvalue weighted by molar-refractivity contribution is -0.118. The molecule has 0 spiro atoms. The van der Waals surface area contributed by atoms with Crippen LogP contribution in [-0.4, -0.2) is 24.5 Å². The number of amides is 3. The molecule has 136 valence electrons. The number of hydrogen-bond donors (Lipinski definition) is 3. The van der Waals surface area contributed by atoms with E-state index in [0.29, 0.717) is 22.2 Å². The third-order valence-corrected chi connectivity index (χ3v) is 4.00. The lowest BCUT2D eigenvalue weighted by atomic mass is 10.2. The minimum Gasteiger partial charge on any atom is -0.455 e. The van der Waals surface area contributed by atoms with Gasteiger partial charge in [-0.25, -0.2) is 4.79 Å². The van der Waals surface area contributed by atoms with Gasteiger partial charge in [0.15, 0.2) is 5.75 Å². The maximum Gasteiger partial charge on any atom is 0.321 e. The zero-order valence-corrected chi connectivity index (χ0v) is 15.1. The smallest absolute Gasteiger partial charge is 0.321 e. The summed E-state index contributed by atoms with van der Waals surface area (Å²) >= 11 is 6.05. The first-order valence-corrected chi connectivity index (χ1v) is 8.76. The summed E-state index contributed by atoms with van der Waals surface area (Å²) in [7, 11) is 0. The van der Waals surface area contributed by atoms with Crippen LogP contribution in [0.3, 0.4) is 0 Å². The molecular formula is C19H20ClN3O3. The van der Waals surface area contributed by atoms with Gasteiger partial charge in [0, 0.05) is 11.1 Å². The van der Waals surface area contributed by atoms with E-state index in [2.05, 4.69) is 16.0 Å². The highest BCUT2D eigenvalue weighted by molar-refractivity contribution is 6.31. The normalized spacial score (nSPS) is 13.0. The summed E-state index contributed by atoms with van der Waals surface area (Å²) in [4.78, 5) is 23.5. The first-order valence-electron chi connectivity index (χ1n) is 8.38. The van der Waals surface area contributed by atoms with E-state index in [-0.39, 0.29) is 12.6 Å². The molecule has 1 fully saturated rings. The molecular weight excluding hydrogens is 354 g/mol. The SMILES string of the molecule is Cc1cccc(Oc2ccc(Cl)cc2NCC(=O)NC(=O)NC2CC2)c1. The second-order valence-electron chi connectivity index (χ2n) is 6.21. The van der Waals surface area contributed by atoms with E-state index in [1.54, 1.807) is 18.2 Å². The van der Waals surface area contributed by atoms with Gasteiger partial charge in [0.2, 0.25) is 5.91 Å². The van der Waals surface area contributed by atoms with Crippen molar-refractivity contribution >= 4 is 29.2 Å². The van der Waals surface area contributed by atoms with E-state index in [4.69, 9.17) is 16.3 Å². The Morgan fingerprint density at radius 3 is 2.73 bits per heavy atom. The van der Waals surface area contributed by atoms with E-state index in [9.17, 15) is 9.59 Å². The van der Waals surface area contributed by atoms with E-state index in [1.807, 2.05) is 31.2 Å².